The molecule has 7 heteroatoms. The summed E-state index contributed by atoms with van der Waals surface area (Å²) in [7, 11) is 0. The Morgan fingerprint density at radius 3 is 2.24 bits per heavy atom. The Morgan fingerprint density at radius 2 is 1.65 bits per heavy atom. The summed E-state index contributed by atoms with van der Waals surface area (Å²) < 4.78 is 18.4. The molecule has 0 amide bonds. The average molecular weight is 505 g/mol. The summed E-state index contributed by atoms with van der Waals surface area (Å²) in [5, 5.41) is 0. The molecule has 0 N–H and O–H groups in total. The number of carbonyl (C=O) groups is 2. The quantitative estimate of drug-likeness (QED) is 0.302. The van der Waals surface area contributed by atoms with Crippen LogP contribution in [0.25, 0.3) is 16.7 Å². The van der Waals surface area contributed by atoms with Crippen LogP contribution in [0.15, 0.2) is 55.1 Å². The fraction of sp³-hybridized carbons (Fsp3) is 0.367. The van der Waals surface area contributed by atoms with Gasteiger partial charge in [-0.05, 0) is 69.9 Å². The number of esters is 2. The average Bonchev–Trinajstić information content (AvgIpc) is 3.20. The molecule has 0 atom stereocenters. The molecule has 0 spiro atoms. The number of aromatic nitrogens is 2. The van der Waals surface area contributed by atoms with Crippen molar-refractivity contribution in [3.8, 4) is 11.1 Å². The molecule has 3 aromatic rings. The summed E-state index contributed by atoms with van der Waals surface area (Å²) in [6, 6.07) is 15.3. The number of benzene rings is 2. The standard InChI is InChI=1S/C30H36N2O5/c1-8-35-19-25-31-26(20(3)4)27(29(34)36-9-2)32(25)18-21-14-16-22(17-15-21)23-12-10-11-13-24(23)28(33)37-30(5,6)7/h10-17H,3,8-9,18-19H2,1-2,4-7H3. The van der Waals surface area contributed by atoms with Crippen LogP contribution in [0.4, 0.5) is 0 Å². The maximum absolute atomic E-state index is 12.9. The van der Waals surface area contributed by atoms with Gasteiger partial charge in [-0.25, -0.2) is 14.6 Å². The highest BCUT2D eigenvalue weighted by Crippen LogP contribution is 2.27. The second kappa shape index (κ2) is 12.0. The third-order valence-corrected chi connectivity index (χ3v) is 5.51. The summed E-state index contributed by atoms with van der Waals surface area (Å²) >= 11 is 0. The van der Waals surface area contributed by atoms with E-state index in [4.69, 9.17) is 14.2 Å². The zero-order chi connectivity index (χ0) is 27.2. The highest BCUT2D eigenvalue weighted by molar-refractivity contribution is 5.97. The molecule has 3 rings (SSSR count). The molecule has 0 aliphatic carbocycles. The predicted octanol–water partition coefficient (Wildman–Crippen LogP) is 6.30. The summed E-state index contributed by atoms with van der Waals surface area (Å²) in [4.78, 5) is 30.4. The first-order valence-electron chi connectivity index (χ1n) is 12.5. The maximum Gasteiger partial charge on any atom is 0.357 e. The topological polar surface area (TPSA) is 79.7 Å². The van der Waals surface area contributed by atoms with E-state index >= 15 is 0 Å². The zero-order valence-corrected chi connectivity index (χ0v) is 22.6. The number of carbonyl (C=O) groups excluding carboxylic acids is 2. The van der Waals surface area contributed by atoms with Gasteiger partial charge in [-0.1, -0.05) is 49.0 Å². The minimum atomic E-state index is -0.586. The maximum atomic E-state index is 12.9. The normalized spacial score (nSPS) is 11.3. The number of imidazole rings is 1. The Labute approximate surface area is 219 Å². The molecule has 0 aliphatic heterocycles. The number of allylic oxidation sites excluding steroid dienone is 1. The smallest absolute Gasteiger partial charge is 0.357 e. The molecule has 0 fully saturated rings. The van der Waals surface area contributed by atoms with Crippen molar-refractivity contribution < 1.29 is 23.8 Å². The first kappa shape index (κ1) is 27.9. The Morgan fingerprint density at radius 1 is 0.973 bits per heavy atom. The van der Waals surface area contributed by atoms with Gasteiger partial charge in [0.2, 0.25) is 0 Å². The second-order valence-electron chi connectivity index (χ2n) is 9.69. The largest absolute Gasteiger partial charge is 0.461 e. The van der Waals surface area contributed by atoms with Crippen molar-refractivity contribution in [2.75, 3.05) is 13.2 Å². The van der Waals surface area contributed by atoms with Gasteiger partial charge in [0.25, 0.3) is 0 Å². The van der Waals surface area contributed by atoms with Crippen molar-refractivity contribution >= 4 is 17.5 Å². The number of nitrogens with zero attached hydrogens (tertiary/aromatic N) is 2. The fourth-order valence-electron chi connectivity index (χ4n) is 3.90. The molecule has 0 unspecified atom stereocenters. The number of hydrogen-bond donors (Lipinski definition) is 0. The number of rotatable bonds is 10. The molecule has 0 saturated carbocycles. The van der Waals surface area contributed by atoms with E-state index in [0.717, 1.165) is 16.7 Å². The third-order valence-electron chi connectivity index (χ3n) is 5.51. The van der Waals surface area contributed by atoms with Crippen LogP contribution in [0, 0.1) is 0 Å². The highest BCUT2D eigenvalue weighted by Gasteiger charge is 2.25. The molecule has 196 valence electrons. The van der Waals surface area contributed by atoms with Crippen LogP contribution in [-0.2, 0) is 27.4 Å². The first-order chi connectivity index (χ1) is 17.6. The van der Waals surface area contributed by atoms with Crippen molar-refractivity contribution in [2.24, 2.45) is 0 Å². The van der Waals surface area contributed by atoms with Gasteiger partial charge in [-0.2, -0.15) is 0 Å². The lowest BCUT2D eigenvalue weighted by atomic mass is 9.98. The second-order valence-corrected chi connectivity index (χ2v) is 9.69. The van der Waals surface area contributed by atoms with Crippen LogP contribution in [0.2, 0.25) is 0 Å². The van der Waals surface area contributed by atoms with E-state index in [9.17, 15) is 9.59 Å². The van der Waals surface area contributed by atoms with Crippen molar-refractivity contribution in [3.63, 3.8) is 0 Å². The van der Waals surface area contributed by atoms with Crippen molar-refractivity contribution in [2.45, 2.75) is 60.3 Å². The fourth-order valence-corrected chi connectivity index (χ4v) is 3.90. The Bertz CT molecular complexity index is 1270. The van der Waals surface area contributed by atoms with Crippen molar-refractivity contribution in [1.82, 2.24) is 9.55 Å². The van der Waals surface area contributed by atoms with E-state index in [1.54, 1.807) is 13.0 Å². The SMILES string of the molecule is C=C(C)c1nc(COCC)n(Cc2ccc(-c3ccccc3C(=O)OC(C)(C)C)cc2)c1C(=O)OCC. The molecular weight excluding hydrogens is 468 g/mol. The van der Waals surface area contributed by atoms with Gasteiger partial charge in [-0.3, -0.25) is 0 Å². The van der Waals surface area contributed by atoms with Gasteiger partial charge in [-0.15, -0.1) is 0 Å². The molecule has 1 heterocycles. The minimum Gasteiger partial charge on any atom is -0.461 e. The molecule has 0 saturated heterocycles. The van der Waals surface area contributed by atoms with E-state index < -0.39 is 11.6 Å². The van der Waals surface area contributed by atoms with Gasteiger partial charge >= 0.3 is 11.9 Å². The van der Waals surface area contributed by atoms with Crippen molar-refractivity contribution in [1.29, 1.82) is 0 Å². The van der Waals surface area contributed by atoms with Crippen LogP contribution in [-0.4, -0.2) is 40.3 Å². The zero-order valence-electron chi connectivity index (χ0n) is 22.6. The number of hydrogen-bond acceptors (Lipinski definition) is 6. The van der Waals surface area contributed by atoms with E-state index in [0.29, 0.717) is 41.5 Å². The Hall–Kier alpha value is -3.71. The van der Waals surface area contributed by atoms with Crippen molar-refractivity contribution in [3.05, 3.63) is 83.4 Å². The lowest BCUT2D eigenvalue weighted by Gasteiger charge is -2.20. The molecule has 0 bridgehead atoms. The number of ether oxygens (including phenoxy) is 3. The van der Waals surface area contributed by atoms with Gasteiger partial charge in [0.15, 0.2) is 5.69 Å². The third kappa shape index (κ3) is 6.95. The molecular formula is C30H36N2O5. The predicted molar refractivity (Wildman–Crippen MR) is 144 cm³/mol. The monoisotopic (exact) mass is 504 g/mol. The van der Waals surface area contributed by atoms with Crippen LogP contribution in [0.1, 0.15) is 79.5 Å². The molecule has 0 radical (unpaired) electrons. The molecule has 2 aromatic carbocycles. The molecule has 1 aromatic heterocycles. The van der Waals surface area contributed by atoms with Gasteiger partial charge in [0.05, 0.1) is 17.9 Å². The summed E-state index contributed by atoms with van der Waals surface area (Å²) in [6.45, 7) is 16.5. The van der Waals surface area contributed by atoms with Gasteiger partial charge in [0.1, 0.15) is 18.0 Å². The molecule has 7 nitrogen and oxygen atoms in total. The van der Waals surface area contributed by atoms with Gasteiger partial charge in [0, 0.05) is 13.2 Å². The molecule has 37 heavy (non-hydrogen) atoms. The summed E-state index contributed by atoms with van der Waals surface area (Å²) in [6.07, 6.45) is 0. The molecule has 0 aliphatic rings. The lowest BCUT2D eigenvalue weighted by Crippen LogP contribution is -2.24. The lowest BCUT2D eigenvalue weighted by molar-refractivity contribution is 0.00701. The van der Waals surface area contributed by atoms with E-state index in [2.05, 4.69) is 11.6 Å². The first-order valence-corrected chi connectivity index (χ1v) is 12.5. The van der Waals surface area contributed by atoms with E-state index in [1.165, 1.54) is 0 Å². The Balaban J connectivity index is 1.98. The van der Waals surface area contributed by atoms with Crippen LogP contribution in [0.5, 0.6) is 0 Å². The highest BCUT2D eigenvalue weighted by atomic mass is 16.6. The van der Waals surface area contributed by atoms with Crippen LogP contribution < -0.4 is 0 Å². The van der Waals surface area contributed by atoms with Crippen LogP contribution >= 0.6 is 0 Å². The Kier molecular flexibility index (Phi) is 9.05. The summed E-state index contributed by atoms with van der Waals surface area (Å²) in [5.41, 5.74) is 4.10. The van der Waals surface area contributed by atoms with E-state index in [-0.39, 0.29) is 19.2 Å². The van der Waals surface area contributed by atoms with Crippen LogP contribution in [0.3, 0.4) is 0 Å². The minimum absolute atomic E-state index is 0.256. The van der Waals surface area contributed by atoms with Gasteiger partial charge < -0.3 is 18.8 Å². The summed E-state index contributed by atoms with van der Waals surface area (Å²) in [5.74, 6) is -0.182. The van der Waals surface area contributed by atoms with E-state index in [1.807, 2.05) is 81.7 Å².